The number of aldehydes is 1. The molecule has 0 aliphatic carbocycles. The molecule has 0 N–H and O–H groups in total. The lowest BCUT2D eigenvalue weighted by Gasteiger charge is -2.09. The Morgan fingerprint density at radius 1 is 1.22 bits per heavy atom. The number of unbranched alkanes of at least 4 members (excludes halogenated alkanes) is 2. The molecule has 0 aliphatic rings. The first kappa shape index (κ1) is 16.5. The summed E-state index contributed by atoms with van der Waals surface area (Å²) in [6.45, 7) is 6.78. The van der Waals surface area contributed by atoms with E-state index in [-0.39, 0.29) is 0 Å². The van der Waals surface area contributed by atoms with Gasteiger partial charge in [0, 0.05) is 6.07 Å². The maximum Gasteiger partial charge on any atom is 0.153 e. The highest BCUT2D eigenvalue weighted by atomic mass is 16.5. The molecule has 0 amide bonds. The second-order valence-corrected chi connectivity index (χ2v) is 3.58. The molecule has 0 heterocycles. The molecule has 3 nitrogen and oxygen atoms in total. The van der Waals surface area contributed by atoms with Crippen molar-refractivity contribution >= 4 is 6.29 Å². The number of benzene rings is 1. The number of hydrogen-bond acceptors (Lipinski definition) is 3. The summed E-state index contributed by atoms with van der Waals surface area (Å²) in [7, 11) is 1.59. The molecule has 0 atom stereocenters. The van der Waals surface area contributed by atoms with E-state index in [2.05, 4.69) is 6.92 Å². The zero-order valence-corrected chi connectivity index (χ0v) is 11.9. The van der Waals surface area contributed by atoms with E-state index in [0.29, 0.717) is 23.7 Å². The van der Waals surface area contributed by atoms with Crippen molar-refractivity contribution in [3.63, 3.8) is 0 Å². The van der Waals surface area contributed by atoms with E-state index in [1.165, 1.54) is 0 Å². The zero-order chi connectivity index (χ0) is 13.8. The average Bonchev–Trinajstić information content (AvgIpc) is 2.45. The van der Waals surface area contributed by atoms with Gasteiger partial charge in [0.25, 0.3) is 0 Å². The topological polar surface area (TPSA) is 35.5 Å². The third-order valence-corrected chi connectivity index (χ3v) is 2.35. The predicted octanol–water partition coefficient (Wildman–Crippen LogP) is 4.10. The molecule has 3 heteroatoms. The van der Waals surface area contributed by atoms with Gasteiger partial charge in [0.05, 0.1) is 19.3 Å². The maximum absolute atomic E-state index is 10.8. The fourth-order valence-corrected chi connectivity index (χ4v) is 1.40. The Morgan fingerprint density at radius 3 is 2.50 bits per heavy atom. The summed E-state index contributed by atoms with van der Waals surface area (Å²) in [6, 6.07) is 5.21. The highest BCUT2D eigenvalue weighted by molar-refractivity contribution is 5.79. The zero-order valence-electron chi connectivity index (χ0n) is 11.9. The molecule has 1 rings (SSSR count). The Hall–Kier alpha value is -1.51. The summed E-state index contributed by atoms with van der Waals surface area (Å²) in [5, 5.41) is 0. The molecule has 1 aromatic rings. The van der Waals surface area contributed by atoms with Gasteiger partial charge in [0.2, 0.25) is 0 Å². The number of carbonyl (C=O) groups excluding carboxylic acids is 1. The molecule has 0 fully saturated rings. The summed E-state index contributed by atoms with van der Waals surface area (Å²) >= 11 is 0. The van der Waals surface area contributed by atoms with Gasteiger partial charge >= 0.3 is 0 Å². The van der Waals surface area contributed by atoms with Crippen LogP contribution in [0.1, 0.15) is 50.4 Å². The normalized spacial score (nSPS) is 9.11. The van der Waals surface area contributed by atoms with E-state index >= 15 is 0 Å². The van der Waals surface area contributed by atoms with E-state index in [4.69, 9.17) is 9.47 Å². The van der Waals surface area contributed by atoms with Crippen LogP contribution in [0.4, 0.5) is 0 Å². The van der Waals surface area contributed by atoms with Crippen LogP contribution in [0.25, 0.3) is 0 Å². The number of rotatable bonds is 7. The van der Waals surface area contributed by atoms with Gasteiger partial charge in [-0.3, -0.25) is 4.79 Å². The first-order chi connectivity index (χ1) is 8.81. The standard InChI is InChI=1S/C13H18O3.C2H6/c1-3-4-5-8-16-13-9-12(15-2)7-6-11(13)10-14;1-2/h6-7,9-10H,3-5,8H2,1-2H3;1-2H3. The van der Waals surface area contributed by atoms with Gasteiger partial charge < -0.3 is 9.47 Å². The van der Waals surface area contributed by atoms with Crippen LogP contribution in [0.2, 0.25) is 0 Å². The van der Waals surface area contributed by atoms with Gasteiger partial charge in [-0.15, -0.1) is 0 Å². The molecule has 1 aromatic carbocycles. The molecule has 0 bridgehead atoms. The Bertz CT molecular complexity index is 335. The SMILES string of the molecule is CC.CCCCCOc1cc(OC)ccc1C=O. The molecular formula is C15H24O3. The van der Waals surface area contributed by atoms with Crippen molar-refractivity contribution in [1.82, 2.24) is 0 Å². The molecule has 102 valence electrons. The fourth-order valence-electron chi connectivity index (χ4n) is 1.40. The van der Waals surface area contributed by atoms with E-state index in [1.54, 1.807) is 25.3 Å². The maximum atomic E-state index is 10.8. The van der Waals surface area contributed by atoms with Gasteiger partial charge in [0.1, 0.15) is 11.5 Å². The molecule has 0 spiro atoms. The Labute approximate surface area is 110 Å². The molecular weight excluding hydrogens is 228 g/mol. The monoisotopic (exact) mass is 252 g/mol. The summed E-state index contributed by atoms with van der Waals surface area (Å²) in [6.07, 6.45) is 4.10. The molecule has 0 aromatic heterocycles. The van der Waals surface area contributed by atoms with Gasteiger partial charge in [-0.25, -0.2) is 0 Å². The van der Waals surface area contributed by atoms with Crippen LogP contribution in [0, 0.1) is 0 Å². The second kappa shape index (κ2) is 10.6. The van der Waals surface area contributed by atoms with Gasteiger partial charge in [-0.2, -0.15) is 0 Å². The average molecular weight is 252 g/mol. The van der Waals surface area contributed by atoms with Crippen molar-refractivity contribution in [3.05, 3.63) is 23.8 Å². The van der Waals surface area contributed by atoms with Crippen molar-refractivity contribution < 1.29 is 14.3 Å². The van der Waals surface area contributed by atoms with E-state index in [0.717, 1.165) is 25.5 Å². The minimum absolute atomic E-state index is 0.567. The Balaban J connectivity index is 0.00000137. The number of hydrogen-bond donors (Lipinski definition) is 0. The van der Waals surface area contributed by atoms with Crippen LogP contribution in [-0.2, 0) is 0 Å². The highest BCUT2D eigenvalue weighted by Crippen LogP contribution is 2.23. The Morgan fingerprint density at radius 2 is 1.94 bits per heavy atom. The van der Waals surface area contributed by atoms with Crippen LogP contribution in [0.15, 0.2) is 18.2 Å². The van der Waals surface area contributed by atoms with E-state index in [9.17, 15) is 4.79 Å². The summed E-state index contributed by atoms with van der Waals surface area (Å²) in [5.74, 6) is 1.31. The summed E-state index contributed by atoms with van der Waals surface area (Å²) in [5.41, 5.74) is 0.567. The summed E-state index contributed by atoms with van der Waals surface area (Å²) in [4.78, 5) is 10.8. The molecule has 0 unspecified atom stereocenters. The number of carbonyl (C=O) groups is 1. The van der Waals surface area contributed by atoms with Crippen molar-refractivity contribution in [2.75, 3.05) is 13.7 Å². The molecule has 0 aliphatic heterocycles. The molecule has 0 saturated carbocycles. The lowest BCUT2D eigenvalue weighted by Crippen LogP contribution is -2.00. The lowest BCUT2D eigenvalue weighted by atomic mass is 10.2. The van der Waals surface area contributed by atoms with Gasteiger partial charge in [0.15, 0.2) is 6.29 Å². The predicted molar refractivity (Wildman–Crippen MR) is 74.7 cm³/mol. The third-order valence-electron chi connectivity index (χ3n) is 2.35. The van der Waals surface area contributed by atoms with Gasteiger partial charge in [-0.1, -0.05) is 33.6 Å². The number of methoxy groups -OCH3 is 1. The van der Waals surface area contributed by atoms with E-state index in [1.807, 2.05) is 13.8 Å². The van der Waals surface area contributed by atoms with Crippen LogP contribution in [0.3, 0.4) is 0 Å². The van der Waals surface area contributed by atoms with Crippen LogP contribution >= 0.6 is 0 Å². The van der Waals surface area contributed by atoms with Crippen molar-refractivity contribution in [1.29, 1.82) is 0 Å². The highest BCUT2D eigenvalue weighted by Gasteiger charge is 2.04. The molecule has 0 radical (unpaired) electrons. The van der Waals surface area contributed by atoms with Crippen molar-refractivity contribution in [3.8, 4) is 11.5 Å². The van der Waals surface area contributed by atoms with Crippen molar-refractivity contribution in [2.45, 2.75) is 40.0 Å². The van der Waals surface area contributed by atoms with Crippen LogP contribution in [0.5, 0.6) is 11.5 Å². The third kappa shape index (κ3) is 5.71. The molecule has 18 heavy (non-hydrogen) atoms. The molecule has 0 saturated heterocycles. The van der Waals surface area contributed by atoms with Gasteiger partial charge in [-0.05, 0) is 18.6 Å². The smallest absolute Gasteiger partial charge is 0.153 e. The van der Waals surface area contributed by atoms with E-state index < -0.39 is 0 Å². The first-order valence-electron chi connectivity index (χ1n) is 6.57. The minimum atomic E-state index is 0.567. The first-order valence-corrected chi connectivity index (χ1v) is 6.57. The van der Waals surface area contributed by atoms with Crippen molar-refractivity contribution in [2.24, 2.45) is 0 Å². The largest absolute Gasteiger partial charge is 0.497 e. The van der Waals surface area contributed by atoms with Crippen LogP contribution in [-0.4, -0.2) is 20.0 Å². The Kier molecular flexibility index (Phi) is 9.74. The minimum Gasteiger partial charge on any atom is -0.497 e. The summed E-state index contributed by atoms with van der Waals surface area (Å²) < 4.78 is 10.6. The quantitative estimate of drug-likeness (QED) is 0.541. The lowest BCUT2D eigenvalue weighted by molar-refractivity contribution is 0.111. The number of ether oxygens (including phenoxy) is 2. The van der Waals surface area contributed by atoms with Crippen LogP contribution < -0.4 is 9.47 Å². The second-order valence-electron chi connectivity index (χ2n) is 3.58. The fraction of sp³-hybridized carbons (Fsp3) is 0.533.